The molecule has 43 heavy (non-hydrogen) atoms. The Bertz CT molecular complexity index is 1620. The lowest BCUT2D eigenvalue weighted by molar-refractivity contribution is -0.156. The predicted octanol–water partition coefficient (Wildman–Crippen LogP) is 0.911. The number of rotatable bonds is 5. The number of furan rings is 1. The van der Waals surface area contributed by atoms with E-state index >= 15 is 0 Å². The van der Waals surface area contributed by atoms with Gasteiger partial charge in [-0.15, -0.1) is 0 Å². The predicted molar refractivity (Wildman–Crippen MR) is 158 cm³/mol. The number of carbonyl (C=O) groups excluding carboxylic acids is 1. The second-order valence-electron chi connectivity index (χ2n) is 12.8. The molecule has 3 unspecified atom stereocenters. The van der Waals surface area contributed by atoms with Gasteiger partial charge in [-0.1, -0.05) is 38.2 Å². The molecule has 12 heteroatoms. The van der Waals surface area contributed by atoms with Crippen LogP contribution in [0.5, 0.6) is 5.95 Å². The maximum Gasteiger partial charge on any atom is 0.289 e. The molecule has 0 bridgehead atoms. The standard InChI is InChI=1S/C31H40N6O6/c1-17-20(30(2)8-7-23(39)31(3,16-38)22(30)15-21(17)37-9-11-42-12-10-37)6-5-18-13-19(43-28(18)41)14-24-33-25-26(36(24)4)34-29(32)35-27(25)40/h5-6,13-14,20-23,38-39,41H,1,7-12,15-16H2,2-4H3,(H2,32,35,40)/b6-5+,24-14?/t20?,21?,22?,23-,30-,31+/m1/s1. The van der Waals surface area contributed by atoms with Crippen LogP contribution >= 0.6 is 0 Å². The third kappa shape index (κ3) is 4.86. The molecule has 230 valence electrons. The van der Waals surface area contributed by atoms with Crippen molar-refractivity contribution in [1.29, 1.82) is 5.41 Å². The van der Waals surface area contributed by atoms with E-state index in [1.807, 2.05) is 13.0 Å². The third-order valence-electron chi connectivity index (χ3n) is 10.4. The minimum Gasteiger partial charge on any atom is -0.480 e. The molecule has 1 amide bonds. The van der Waals surface area contributed by atoms with Crippen LogP contribution < -0.4 is 16.3 Å². The van der Waals surface area contributed by atoms with Crippen LogP contribution in [0.3, 0.4) is 0 Å². The van der Waals surface area contributed by atoms with E-state index in [0.29, 0.717) is 36.4 Å². The number of aromatic nitrogens is 2. The highest BCUT2D eigenvalue weighted by Crippen LogP contribution is 2.62. The van der Waals surface area contributed by atoms with Gasteiger partial charge >= 0.3 is 0 Å². The van der Waals surface area contributed by atoms with Gasteiger partial charge in [0.05, 0.1) is 31.5 Å². The summed E-state index contributed by atoms with van der Waals surface area (Å²) in [7, 11) is 1.69. The smallest absolute Gasteiger partial charge is 0.289 e. The normalized spacial score (nSPS) is 33.8. The van der Waals surface area contributed by atoms with Gasteiger partial charge < -0.3 is 29.0 Å². The van der Waals surface area contributed by atoms with Crippen molar-refractivity contribution >= 4 is 24.0 Å². The van der Waals surface area contributed by atoms with Crippen LogP contribution in [0.25, 0.3) is 12.2 Å². The van der Waals surface area contributed by atoms with Crippen molar-refractivity contribution in [2.75, 3.05) is 32.9 Å². The average molecular weight is 593 g/mol. The Balaban J connectivity index is 1.35. The lowest BCUT2D eigenvalue weighted by atomic mass is 9.45. The number of aromatic hydroxyl groups is 1. The lowest BCUT2D eigenvalue weighted by Crippen LogP contribution is -2.61. The third-order valence-corrected chi connectivity index (χ3v) is 10.4. The number of amides is 1. The van der Waals surface area contributed by atoms with Crippen molar-refractivity contribution < 1.29 is 29.3 Å². The summed E-state index contributed by atoms with van der Waals surface area (Å²) >= 11 is 0. The first kappa shape index (κ1) is 29.5. The first-order chi connectivity index (χ1) is 20.5. The Morgan fingerprint density at radius 1 is 1.30 bits per heavy atom. The first-order valence-corrected chi connectivity index (χ1v) is 14.8. The zero-order chi connectivity index (χ0) is 30.7. The van der Waals surface area contributed by atoms with Crippen LogP contribution in [0, 0.1) is 28.1 Å². The summed E-state index contributed by atoms with van der Waals surface area (Å²) in [6.45, 7) is 11.7. The largest absolute Gasteiger partial charge is 0.480 e. The number of imidazole rings is 1. The Morgan fingerprint density at radius 2 is 2.05 bits per heavy atom. The van der Waals surface area contributed by atoms with E-state index in [0.717, 1.165) is 31.5 Å². The van der Waals surface area contributed by atoms with E-state index in [2.05, 4.69) is 39.8 Å². The van der Waals surface area contributed by atoms with Gasteiger partial charge in [-0.25, -0.2) is 4.98 Å². The van der Waals surface area contributed by atoms with Crippen molar-refractivity contribution in [3.05, 3.63) is 52.3 Å². The van der Waals surface area contributed by atoms with Gasteiger partial charge in [-0.05, 0) is 36.7 Å². The number of hydrogen-bond donors (Lipinski definition) is 5. The fourth-order valence-electron chi connectivity index (χ4n) is 7.83. The zero-order valence-electron chi connectivity index (χ0n) is 24.8. The minimum atomic E-state index is -0.646. The fraction of sp³-hybridized carbons (Fsp3) is 0.548. The molecule has 2 aromatic rings. The van der Waals surface area contributed by atoms with Crippen LogP contribution in [0.2, 0.25) is 0 Å². The number of morpholine rings is 1. The average Bonchev–Trinajstić information content (AvgIpc) is 3.49. The molecule has 0 radical (unpaired) electrons. The maximum atomic E-state index is 12.2. The van der Waals surface area contributed by atoms with E-state index in [-0.39, 0.29) is 53.0 Å². The molecule has 0 spiro atoms. The van der Waals surface area contributed by atoms with Crippen molar-refractivity contribution in [1.82, 2.24) is 19.8 Å². The van der Waals surface area contributed by atoms with Crippen LogP contribution in [0.4, 0.5) is 0 Å². The van der Waals surface area contributed by atoms with Gasteiger partial charge in [0.2, 0.25) is 5.96 Å². The number of nitrogens with zero attached hydrogens (tertiary/aromatic N) is 4. The van der Waals surface area contributed by atoms with E-state index in [1.165, 1.54) is 0 Å². The van der Waals surface area contributed by atoms with E-state index < -0.39 is 17.4 Å². The van der Waals surface area contributed by atoms with Gasteiger partial charge in [-0.3, -0.25) is 20.4 Å². The van der Waals surface area contributed by atoms with Gasteiger partial charge in [0.1, 0.15) is 11.2 Å². The number of guanidine groups is 1. The highest BCUT2D eigenvalue weighted by molar-refractivity contribution is 6.05. The molecule has 3 fully saturated rings. The molecule has 4 heterocycles. The number of aliphatic hydroxyl groups excluding tert-OH is 2. The SMILES string of the molecule is C=C1C(N2CCOCC2)CC2[C@](C)(CC[C@@H](O)[C@@]2(C)CO)C1/C=C/c1cc(C=c2nc3c(n2C)=NC(=N)NC3=O)oc1O. The van der Waals surface area contributed by atoms with Gasteiger partial charge in [0.15, 0.2) is 11.2 Å². The molecule has 6 atom stereocenters. The zero-order valence-corrected chi connectivity index (χ0v) is 24.8. The topological polar surface area (TPSA) is 169 Å². The number of nitrogens with one attached hydrogen (secondary N) is 2. The molecule has 2 aliphatic heterocycles. The summed E-state index contributed by atoms with van der Waals surface area (Å²) < 4.78 is 12.8. The molecular weight excluding hydrogens is 552 g/mol. The fourth-order valence-corrected chi connectivity index (χ4v) is 7.83. The molecule has 12 nitrogen and oxygen atoms in total. The van der Waals surface area contributed by atoms with E-state index in [9.17, 15) is 20.1 Å². The van der Waals surface area contributed by atoms with E-state index in [4.69, 9.17) is 14.6 Å². The monoisotopic (exact) mass is 592 g/mol. The number of aliphatic hydroxyl groups is 2. The second kappa shape index (κ2) is 10.8. The maximum absolute atomic E-state index is 12.2. The summed E-state index contributed by atoms with van der Waals surface area (Å²) in [6, 6.07) is 1.78. The summed E-state index contributed by atoms with van der Waals surface area (Å²) in [6.07, 6.45) is 7.13. The minimum absolute atomic E-state index is 0.0436. The number of allylic oxidation sites excluding steroid dienone is 1. The van der Waals surface area contributed by atoms with Crippen LogP contribution in [-0.4, -0.2) is 86.7 Å². The first-order valence-electron chi connectivity index (χ1n) is 14.8. The summed E-state index contributed by atoms with van der Waals surface area (Å²) in [5, 5.41) is 42.4. The highest BCUT2D eigenvalue weighted by atomic mass is 16.5. The van der Waals surface area contributed by atoms with Crippen molar-refractivity contribution in [2.24, 2.45) is 34.7 Å². The van der Waals surface area contributed by atoms with Crippen molar-refractivity contribution in [3.8, 4) is 5.95 Å². The van der Waals surface area contributed by atoms with Crippen LogP contribution in [0.15, 0.2) is 33.7 Å². The number of carbonyl (C=O) groups is 1. The molecule has 2 aromatic heterocycles. The number of hydrogen-bond acceptors (Lipinski definition) is 9. The summed E-state index contributed by atoms with van der Waals surface area (Å²) in [5.74, 6) is -0.697. The Hall–Kier alpha value is -3.58. The summed E-state index contributed by atoms with van der Waals surface area (Å²) in [4.78, 5) is 23.1. The molecule has 2 aliphatic carbocycles. The van der Waals surface area contributed by atoms with Crippen molar-refractivity contribution in [3.63, 3.8) is 0 Å². The molecule has 0 aromatic carbocycles. The molecule has 2 saturated carbocycles. The summed E-state index contributed by atoms with van der Waals surface area (Å²) in [5.41, 5.74) is 1.44. The molecule has 1 saturated heterocycles. The van der Waals surface area contributed by atoms with E-state index in [1.54, 1.807) is 23.8 Å². The second-order valence-corrected chi connectivity index (χ2v) is 12.8. The number of fused-ring (bicyclic) bond motifs is 2. The Labute approximate surface area is 249 Å². The highest BCUT2D eigenvalue weighted by Gasteiger charge is 2.59. The van der Waals surface area contributed by atoms with Gasteiger partial charge in [-0.2, -0.15) is 4.99 Å². The Morgan fingerprint density at radius 3 is 2.77 bits per heavy atom. The van der Waals surface area contributed by atoms with Crippen LogP contribution in [0.1, 0.15) is 54.9 Å². The molecule has 6 rings (SSSR count). The van der Waals surface area contributed by atoms with Crippen LogP contribution in [-0.2, 0) is 11.8 Å². The lowest BCUT2D eigenvalue weighted by Gasteiger charge is -2.62. The molecule has 4 aliphatic rings. The molecular formula is C31H40N6O6. The molecule has 5 N–H and O–H groups in total. The van der Waals surface area contributed by atoms with Gasteiger partial charge in [0, 0.05) is 43.6 Å². The van der Waals surface area contributed by atoms with Crippen molar-refractivity contribution in [2.45, 2.75) is 45.3 Å². The van der Waals surface area contributed by atoms with Gasteiger partial charge in [0.25, 0.3) is 11.9 Å². The number of ether oxygens (including phenoxy) is 1. The quantitative estimate of drug-likeness (QED) is 0.319. The Kier molecular flexibility index (Phi) is 7.44.